The Morgan fingerprint density at radius 1 is 1.15 bits per heavy atom. The molecule has 1 unspecified atom stereocenters. The Kier molecular flexibility index (Phi) is 4.09. The minimum atomic E-state index is -2.12. The molecule has 0 saturated carbocycles. The first-order valence-corrected chi connectivity index (χ1v) is 10.5. The Morgan fingerprint density at radius 2 is 1.82 bits per heavy atom. The van der Waals surface area contributed by atoms with Crippen LogP contribution in [-0.2, 0) is 6.42 Å². The lowest BCUT2D eigenvalue weighted by molar-refractivity contribution is 0.0792. The molecule has 1 fully saturated rings. The molecule has 0 radical (unpaired) electrons. The van der Waals surface area contributed by atoms with Gasteiger partial charge in [-0.05, 0) is 67.6 Å². The number of halogens is 2. The standard InChI is InChI=1S/C26H23F2N3O2/c1-15-24-22(25(32)29-15)18(14-21(30-24)23-19(27)5-4-6-20(23)28)13-16-7-9-17(10-8-16)26(33)31-11-2-3-12-31/h4-10,14-15H,2-3,11-13H2,1H3,(H,29,32)/i11D2,12D2,15D. The Labute approximate surface area is 197 Å². The van der Waals surface area contributed by atoms with E-state index in [9.17, 15) is 18.4 Å². The zero-order chi connectivity index (χ0) is 27.6. The van der Waals surface area contributed by atoms with Crippen LogP contribution in [0.15, 0.2) is 48.5 Å². The maximum Gasteiger partial charge on any atom is 0.254 e. The fraction of sp³-hybridized carbons (Fsp3) is 0.269. The smallest absolute Gasteiger partial charge is 0.254 e. The molecule has 2 aromatic carbocycles. The van der Waals surface area contributed by atoms with Crippen molar-refractivity contribution >= 4 is 11.8 Å². The van der Waals surface area contributed by atoms with E-state index >= 15 is 0 Å². The predicted octanol–water partition coefficient (Wildman–Crippen LogP) is 4.66. The number of carbonyl (C=O) groups excluding carboxylic acids is 2. The summed E-state index contributed by atoms with van der Waals surface area (Å²) in [5.74, 6) is -2.99. The molecule has 2 amide bonds. The number of aromatic nitrogens is 1. The van der Waals surface area contributed by atoms with E-state index in [0.29, 0.717) is 16.0 Å². The lowest BCUT2D eigenvalue weighted by atomic mass is 9.95. The van der Waals surface area contributed by atoms with Gasteiger partial charge in [0, 0.05) is 24.0 Å². The highest BCUT2D eigenvalue weighted by atomic mass is 19.1. The van der Waals surface area contributed by atoms with Crippen molar-refractivity contribution in [2.24, 2.45) is 0 Å². The molecular weight excluding hydrogens is 424 g/mol. The minimum Gasteiger partial charge on any atom is -0.344 e. The van der Waals surface area contributed by atoms with Crippen molar-refractivity contribution in [3.63, 3.8) is 0 Å². The van der Waals surface area contributed by atoms with Crippen LogP contribution in [0.1, 0.15) is 70.2 Å². The second-order valence-electron chi connectivity index (χ2n) is 7.90. The second-order valence-corrected chi connectivity index (χ2v) is 7.90. The maximum absolute atomic E-state index is 14.6. The number of pyridine rings is 1. The molecular formula is C26H23F2N3O2. The summed E-state index contributed by atoms with van der Waals surface area (Å²) < 4.78 is 69.8. The van der Waals surface area contributed by atoms with Crippen LogP contribution < -0.4 is 5.32 Å². The van der Waals surface area contributed by atoms with E-state index in [1.54, 1.807) is 12.1 Å². The molecule has 2 aliphatic rings. The van der Waals surface area contributed by atoms with Crippen molar-refractivity contribution < 1.29 is 25.2 Å². The van der Waals surface area contributed by atoms with Crippen LogP contribution in [0.5, 0.6) is 0 Å². The molecule has 168 valence electrons. The maximum atomic E-state index is 14.6. The zero-order valence-electron chi connectivity index (χ0n) is 22.7. The van der Waals surface area contributed by atoms with Gasteiger partial charge in [-0.1, -0.05) is 18.2 Å². The van der Waals surface area contributed by atoms with Gasteiger partial charge in [0.2, 0.25) is 0 Å². The van der Waals surface area contributed by atoms with Crippen LogP contribution in [0, 0.1) is 11.6 Å². The van der Waals surface area contributed by atoms with Crippen LogP contribution in [-0.4, -0.2) is 34.7 Å². The molecule has 2 aliphatic heterocycles. The van der Waals surface area contributed by atoms with Crippen molar-refractivity contribution in [1.82, 2.24) is 15.2 Å². The number of amides is 2. The monoisotopic (exact) mass is 452 g/mol. The van der Waals surface area contributed by atoms with Crippen LogP contribution in [0.2, 0.25) is 0 Å². The normalized spacial score (nSPS) is 24.8. The van der Waals surface area contributed by atoms with Crippen LogP contribution in [0.3, 0.4) is 0 Å². The number of fused-ring (bicyclic) bond motifs is 1. The number of hydrogen-bond donors (Lipinski definition) is 1. The van der Waals surface area contributed by atoms with Crippen LogP contribution >= 0.6 is 0 Å². The van der Waals surface area contributed by atoms with E-state index < -0.39 is 42.5 Å². The van der Waals surface area contributed by atoms with Gasteiger partial charge in [-0.15, -0.1) is 0 Å². The highest BCUT2D eigenvalue weighted by Crippen LogP contribution is 2.33. The summed E-state index contributed by atoms with van der Waals surface area (Å²) in [5, 5.41) is 2.52. The number of likely N-dealkylation sites (tertiary alicyclic amines) is 1. The fourth-order valence-electron chi connectivity index (χ4n) is 4.07. The van der Waals surface area contributed by atoms with Gasteiger partial charge in [-0.3, -0.25) is 9.59 Å². The van der Waals surface area contributed by atoms with Crippen LogP contribution in [0.4, 0.5) is 8.78 Å². The topological polar surface area (TPSA) is 62.3 Å². The van der Waals surface area contributed by atoms with Gasteiger partial charge in [0.1, 0.15) is 11.6 Å². The largest absolute Gasteiger partial charge is 0.344 e. The van der Waals surface area contributed by atoms with Crippen molar-refractivity contribution in [2.45, 2.75) is 32.2 Å². The summed E-state index contributed by atoms with van der Waals surface area (Å²) in [6.45, 7) is -2.82. The summed E-state index contributed by atoms with van der Waals surface area (Å²) in [5.41, 5.74) is 0.844. The van der Waals surface area contributed by atoms with Gasteiger partial charge in [-0.2, -0.15) is 0 Å². The lowest BCUT2D eigenvalue weighted by Crippen LogP contribution is -2.27. The molecule has 1 N–H and O–H groups in total. The van der Waals surface area contributed by atoms with E-state index in [4.69, 9.17) is 6.85 Å². The number of rotatable bonds is 4. The molecule has 3 heterocycles. The minimum absolute atomic E-state index is 0.0444. The number of carbonyl (C=O) groups is 2. The van der Waals surface area contributed by atoms with E-state index in [0.717, 1.165) is 12.1 Å². The molecule has 1 atom stereocenters. The Hall–Kier alpha value is -3.61. The van der Waals surface area contributed by atoms with Gasteiger partial charge in [0.15, 0.2) is 0 Å². The summed E-state index contributed by atoms with van der Waals surface area (Å²) in [6.07, 6.45) is -0.116. The molecule has 33 heavy (non-hydrogen) atoms. The van der Waals surface area contributed by atoms with E-state index in [1.807, 2.05) is 0 Å². The van der Waals surface area contributed by atoms with Gasteiger partial charge < -0.3 is 10.2 Å². The molecule has 5 rings (SSSR count). The Morgan fingerprint density at radius 3 is 2.48 bits per heavy atom. The van der Waals surface area contributed by atoms with Gasteiger partial charge >= 0.3 is 0 Å². The third-order valence-electron chi connectivity index (χ3n) is 5.67. The lowest BCUT2D eigenvalue weighted by Gasteiger charge is -2.15. The van der Waals surface area contributed by atoms with E-state index in [-0.39, 0.29) is 47.3 Å². The quantitative estimate of drug-likeness (QED) is 0.626. The Balaban J connectivity index is 1.52. The van der Waals surface area contributed by atoms with Crippen molar-refractivity contribution in [1.29, 1.82) is 0 Å². The average Bonchev–Trinajstić information content (AvgIpc) is 3.19. The summed E-state index contributed by atoms with van der Waals surface area (Å²) in [4.78, 5) is 30.6. The zero-order valence-corrected chi connectivity index (χ0v) is 17.7. The van der Waals surface area contributed by atoms with Crippen LogP contribution in [0.25, 0.3) is 11.3 Å². The number of nitrogens with zero attached hydrogens (tertiary/aromatic N) is 2. The molecule has 1 saturated heterocycles. The molecule has 5 nitrogen and oxygen atoms in total. The van der Waals surface area contributed by atoms with Gasteiger partial charge in [0.05, 0.1) is 29.9 Å². The summed E-state index contributed by atoms with van der Waals surface area (Å²) in [7, 11) is 0. The molecule has 7 heteroatoms. The fourth-order valence-corrected chi connectivity index (χ4v) is 4.07. The highest BCUT2D eigenvalue weighted by Gasteiger charge is 2.31. The second kappa shape index (κ2) is 8.39. The first-order valence-electron chi connectivity index (χ1n) is 13.0. The molecule has 3 aromatic rings. The molecule has 1 aromatic heterocycles. The third-order valence-corrected chi connectivity index (χ3v) is 5.67. The number of benzene rings is 2. The number of nitrogens with one attached hydrogen (secondary N) is 1. The van der Waals surface area contributed by atoms with Gasteiger partial charge in [-0.25, -0.2) is 13.8 Å². The molecule has 0 bridgehead atoms. The highest BCUT2D eigenvalue weighted by molar-refractivity contribution is 6.00. The van der Waals surface area contributed by atoms with E-state index in [2.05, 4.69) is 10.3 Å². The third kappa shape index (κ3) is 3.88. The number of hydrogen-bond acceptors (Lipinski definition) is 3. The van der Waals surface area contributed by atoms with Crippen molar-refractivity contribution in [3.05, 3.63) is 88.1 Å². The Bertz CT molecular complexity index is 1440. The van der Waals surface area contributed by atoms with Crippen molar-refractivity contribution in [3.8, 4) is 11.3 Å². The summed E-state index contributed by atoms with van der Waals surface area (Å²) >= 11 is 0. The van der Waals surface area contributed by atoms with Gasteiger partial charge in [0.25, 0.3) is 11.8 Å². The molecule has 0 aliphatic carbocycles. The van der Waals surface area contributed by atoms with Crippen molar-refractivity contribution in [2.75, 3.05) is 13.0 Å². The van der Waals surface area contributed by atoms with E-state index in [1.165, 1.54) is 31.2 Å². The molecule has 0 spiro atoms. The first kappa shape index (κ1) is 16.1. The SMILES string of the molecule is [2H]C1(C)NC(=O)c2c(Cc3ccc(C(=O)N4C([2H])([2H])CCC4([2H])[2H])cc3)cc(-c3c(F)cccc3F)nc21. The average molecular weight is 453 g/mol. The predicted molar refractivity (Wildman–Crippen MR) is 120 cm³/mol. The first-order chi connectivity index (χ1) is 17.7. The summed E-state index contributed by atoms with van der Waals surface area (Å²) in [6, 6.07) is 9.26.